The molecule has 0 bridgehead atoms. The molecule has 0 saturated carbocycles. The zero-order valence-electron chi connectivity index (χ0n) is 16.2. The van der Waals surface area contributed by atoms with Crippen molar-refractivity contribution in [3.8, 4) is 27.7 Å². The fraction of sp³-hybridized carbons (Fsp3) is 0.227. The predicted octanol–water partition coefficient (Wildman–Crippen LogP) is 4.62. The minimum Gasteiger partial charge on any atom is -0.493 e. The van der Waals surface area contributed by atoms with Crippen molar-refractivity contribution in [1.82, 2.24) is 0 Å². The molecule has 6 heteroatoms. The number of methoxy groups -OCH3 is 3. The van der Waals surface area contributed by atoms with Crippen LogP contribution in [0.15, 0.2) is 41.8 Å². The fourth-order valence-corrected chi connectivity index (χ4v) is 4.08. The Morgan fingerprint density at radius 1 is 1.00 bits per heavy atom. The summed E-state index contributed by atoms with van der Waals surface area (Å²) in [5, 5.41) is 2.01. The maximum Gasteiger partial charge on any atom is 0.203 e. The van der Waals surface area contributed by atoms with Crippen LogP contribution in [0.5, 0.6) is 17.2 Å². The number of hydrogen-bond donors (Lipinski definition) is 1. The highest BCUT2D eigenvalue weighted by Crippen LogP contribution is 2.39. The molecule has 0 unspecified atom stereocenters. The Bertz CT molecular complexity index is 942. The molecule has 2 aromatic carbocycles. The van der Waals surface area contributed by atoms with Gasteiger partial charge in [0, 0.05) is 16.0 Å². The third-order valence-electron chi connectivity index (χ3n) is 4.67. The van der Waals surface area contributed by atoms with Crippen LogP contribution in [0.2, 0.25) is 0 Å². The van der Waals surface area contributed by atoms with Crippen LogP contribution in [0.3, 0.4) is 0 Å². The summed E-state index contributed by atoms with van der Waals surface area (Å²) in [5.74, 6) is 1.84. The second-order valence-electron chi connectivity index (χ2n) is 6.23. The summed E-state index contributed by atoms with van der Waals surface area (Å²) in [6.07, 6.45) is 2.32. The molecule has 0 aliphatic rings. The van der Waals surface area contributed by atoms with E-state index in [1.54, 1.807) is 38.7 Å². The van der Waals surface area contributed by atoms with Crippen molar-refractivity contribution in [2.45, 2.75) is 12.8 Å². The van der Waals surface area contributed by atoms with Gasteiger partial charge in [0.05, 0.1) is 27.0 Å². The maximum atomic E-state index is 11.3. The number of nitrogens with two attached hydrogens (primary N) is 1. The average molecular weight is 397 g/mol. The first kappa shape index (κ1) is 19.8. The number of aryl methyl sites for hydroxylation is 2. The molecule has 5 nitrogen and oxygen atoms in total. The van der Waals surface area contributed by atoms with Gasteiger partial charge in [-0.2, -0.15) is 0 Å². The van der Waals surface area contributed by atoms with Gasteiger partial charge >= 0.3 is 0 Å². The first-order chi connectivity index (χ1) is 13.6. The number of aldehydes is 1. The number of anilines is 1. The van der Waals surface area contributed by atoms with E-state index in [1.165, 1.54) is 0 Å². The highest BCUT2D eigenvalue weighted by atomic mass is 32.1. The van der Waals surface area contributed by atoms with E-state index in [0.717, 1.165) is 40.7 Å². The van der Waals surface area contributed by atoms with Gasteiger partial charge in [-0.1, -0.05) is 12.1 Å². The SMILES string of the molecule is COc1cc(CCc2ccc(C=O)c(N)c2-c2cccs2)cc(OC)c1OC. The van der Waals surface area contributed by atoms with Gasteiger partial charge < -0.3 is 19.9 Å². The van der Waals surface area contributed by atoms with Gasteiger partial charge in [-0.05, 0) is 53.6 Å². The molecule has 3 rings (SSSR count). The molecule has 0 fully saturated rings. The molecule has 1 aromatic heterocycles. The molecule has 2 N–H and O–H groups in total. The van der Waals surface area contributed by atoms with Gasteiger partial charge in [0.1, 0.15) is 0 Å². The van der Waals surface area contributed by atoms with Crippen LogP contribution < -0.4 is 19.9 Å². The largest absolute Gasteiger partial charge is 0.493 e. The number of rotatable bonds is 8. The topological polar surface area (TPSA) is 70.8 Å². The van der Waals surface area contributed by atoms with Crippen LogP contribution in [-0.2, 0) is 12.8 Å². The van der Waals surface area contributed by atoms with Crippen LogP contribution in [0, 0.1) is 0 Å². The summed E-state index contributed by atoms with van der Waals surface area (Å²) >= 11 is 1.61. The lowest BCUT2D eigenvalue weighted by atomic mass is 9.95. The molecule has 1 heterocycles. The number of hydrogen-bond acceptors (Lipinski definition) is 6. The first-order valence-electron chi connectivity index (χ1n) is 8.82. The zero-order valence-corrected chi connectivity index (χ0v) is 17.0. The van der Waals surface area contributed by atoms with Gasteiger partial charge in [0.2, 0.25) is 5.75 Å². The minimum atomic E-state index is 0.514. The monoisotopic (exact) mass is 397 g/mol. The molecule has 28 heavy (non-hydrogen) atoms. The van der Waals surface area contributed by atoms with E-state index in [0.29, 0.717) is 28.5 Å². The number of benzene rings is 2. The molecule has 0 aliphatic heterocycles. The van der Waals surface area contributed by atoms with Crippen molar-refractivity contribution in [3.05, 3.63) is 58.5 Å². The molecule has 0 atom stereocenters. The van der Waals surface area contributed by atoms with Gasteiger partial charge in [0.15, 0.2) is 17.8 Å². The van der Waals surface area contributed by atoms with E-state index < -0.39 is 0 Å². The number of thiophene rings is 1. The number of nitrogen functional groups attached to an aromatic ring is 1. The first-order valence-corrected chi connectivity index (χ1v) is 9.70. The molecule has 0 saturated heterocycles. The molecule has 0 amide bonds. The molecule has 0 spiro atoms. The summed E-state index contributed by atoms with van der Waals surface area (Å²) in [6, 6.07) is 11.7. The van der Waals surface area contributed by atoms with Crippen LogP contribution in [0.1, 0.15) is 21.5 Å². The molecule has 146 valence electrons. The van der Waals surface area contributed by atoms with Crippen LogP contribution in [-0.4, -0.2) is 27.6 Å². The molecule has 0 aliphatic carbocycles. The van der Waals surface area contributed by atoms with Gasteiger partial charge in [-0.15, -0.1) is 11.3 Å². The third kappa shape index (κ3) is 3.82. The Hall–Kier alpha value is -2.99. The van der Waals surface area contributed by atoms with Crippen LogP contribution >= 0.6 is 11.3 Å². The van der Waals surface area contributed by atoms with Crippen molar-refractivity contribution < 1.29 is 19.0 Å². The summed E-state index contributed by atoms with van der Waals surface area (Å²) < 4.78 is 16.3. The van der Waals surface area contributed by atoms with Crippen molar-refractivity contribution in [1.29, 1.82) is 0 Å². The number of ether oxygens (including phenoxy) is 3. The Kier molecular flexibility index (Phi) is 6.21. The number of carbonyl (C=O) groups is 1. The van der Waals surface area contributed by atoms with Crippen molar-refractivity contribution in [3.63, 3.8) is 0 Å². The van der Waals surface area contributed by atoms with E-state index in [-0.39, 0.29) is 0 Å². The smallest absolute Gasteiger partial charge is 0.203 e. The summed E-state index contributed by atoms with van der Waals surface area (Å²) in [7, 11) is 4.80. The lowest BCUT2D eigenvalue weighted by Gasteiger charge is -2.16. The normalized spacial score (nSPS) is 10.5. The Morgan fingerprint density at radius 3 is 2.25 bits per heavy atom. The highest BCUT2D eigenvalue weighted by Gasteiger charge is 2.16. The van der Waals surface area contributed by atoms with E-state index in [9.17, 15) is 4.79 Å². The van der Waals surface area contributed by atoms with Crippen LogP contribution in [0.4, 0.5) is 5.69 Å². The van der Waals surface area contributed by atoms with Gasteiger partial charge in [0.25, 0.3) is 0 Å². The number of carbonyl (C=O) groups excluding carboxylic acids is 1. The maximum absolute atomic E-state index is 11.3. The third-order valence-corrected chi connectivity index (χ3v) is 5.55. The molecule has 3 aromatic rings. The van der Waals surface area contributed by atoms with Crippen molar-refractivity contribution in [2.24, 2.45) is 0 Å². The zero-order chi connectivity index (χ0) is 20.1. The Labute approximate surface area is 168 Å². The molecular weight excluding hydrogens is 374 g/mol. The molecule has 0 radical (unpaired) electrons. The Morgan fingerprint density at radius 2 is 1.71 bits per heavy atom. The van der Waals surface area contributed by atoms with Gasteiger partial charge in [-0.3, -0.25) is 4.79 Å². The summed E-state index contributed by atoms with van der Waals surface area (Å²) in [6.45, 7) is 0. The minimum absolute atomic E-state index is 0.514. The predicted molar refractivity (Wildman–Crippen MR) is 113 cm³/mol. The second-order valence-corrected chi connectivity index (χ2v) is 7.18. The quantitative estimate of drug-likeness (QED) is 0.444. The van der Waals surface area contributed by atoms with Crippen molar-refractivity contribution in [2.75, 3.05) is 27.1 Å². The van der Waals surface area contributed by atoms with Gasteiger partial charge in [-0.25, -0.2) is 0 Å². The second kappa shape index (κ2) is 8.80. The van der Waals surface area contributed by atoms with E-state index in [1.807, 2.05) is 35.7 Å². The highest BCUT2D eigenvalue weighted by molar-refractivity contribution is 7.13. The summed E-state index contributed by atoms with van der Waals surface area (Å²) in [4.78, 5) is 12.4. The summed E-state index contributed by atoms with van der Waals surface area (Å²) in [5.41, 5.74) is 10.4. The lowest BCUT2D eigenvalue weighted by Crippen LogP contribution is -2.02. The fourth-order valence-electron chi connectivity index (χ4n) is 3.26. The van der Waals surface area contributed by atoms with E-state index >= 15 is 0 Å². The standard InChI is InChI=1S/C22H23NO4S/c1-25-17-11-14(12-18(26-2)22(17)27-3)6-7-15-8-9-16(13-24)21(23)20(15)19-5-4-10-28-19/h4-5,8-13H,6-7,23H2,1-3H3. The lowest BCUT2D eigenvalue weighted by molar-refractivity contribution is 0.112. The van der Waals surface area contributed by atoms with Crippen molar-refractivity contribution >= 4 is 23.3 Å². The van der Waals surface area contributed by atoms with E-state index in [4.69, 9.17) is 19.9 Å². The average Bonchev–Trinajstić information content (AvgIpc) is 3.25. The van der Waals surface area contributed by atoms with Crippen LogP contribution in [0.25, 0.3) is 10.4 Å². The Balaban J connectivity index is 1.95. The molecular formula is C22H23NO4S. The van der Waals surface area contributed by atoms with E-state index in [2.05, 4.69) is 0 Å².